The second-order valence-corrected chi connectivity index (χ2v) is 5.10. The summed E-state index contributed by atoms with van der Waals surface area (Å²) in [6.45, 7) is 7.01. The maximum absolute atomic E-state index is 11.5. The summed E-state index contributed by atoms with van der Waals surface area (Å²) < 4.78 is 0. The van der Waals surface area contributed by atoms with Crippen molar-refractivity contribution in [2.45, 2.75) is 39.7 Å². The largest absolute Gasteiger partial charge is 0.396 e. The van der Waals surface area contributed by atoms with Crippen LogP contribution in [-0.4, -0.2) is 49.2 Å². The highest BCUT2D eigenvalue weighted by Gasteiger charge is 2.22. The van der Waals surface area contributed by atoms with Gasteiger partial charge in [0.05, 0.1) is 0 Å². The molecule has 0 aliphatic rings. The third-order valence-electron chi connectivity index (χ3n) is 3.09. The summed E-state index contributed by atoms with van der Waals surface area (Å²) >= 11 is 0. The van der Waals surface area contributed by atoms with Crippen molar-refractivity contribution in [3.8, 4) is 0 Å². The summed E-state index contributed by atoms with van der Waals surface area (Å²) in [5.74, 6) is 0.127. The van der Waals surface area contributed by atoms with Crippen molar-refractivity contribution in [1.29, 1.82) is 0 Å². The molecule has 0 saturated carbocycles. The molecular formula is C12H26N2O2. The van der Waals surface area contributed by atoms with Crippen LogP contribution < -0.4 is 5.32 Å². The first kappa shape index (κ1) is 15.4. The molecule has 0 fully saturated rings. The molecule has 0 aliphatic carbocycles. The van der Waals surface area contributed by atoms with Gasteiger partial charge in [0, 0.05) is 45.1 Å². The number of carbonyl (C=O) groups excluding carboxylic acids is 1. The minimum Gasteiger partial charge on any atom is -0.396 e. The van der Waals surface area contributed by atoms with E-state index in [-0.39, 0.29) is 24.0 Å². The van der Waals surface area contributed by atoms with E-state index < -0.39 is 0 Å². The van der Waals surface area contributed by atoms with E-state index in [1.54, 1.807) is 19.0 Å². The Kier molecular flexibility index (Phi) is 6.60. The Labute approximate surface area is 99.0 Å². The predicted octanol–water partition coefficient (Wildman–Crippen LogP) is 0.851. The number of hydrogen-bond acceptors (Lipinski definition) is 3. The van der Waals surface area contributed by atoms with Crippen molar-refractivity contribution in [3.63, 3.8) is 0 Å². The SMILES string of the molecule is CCC(C)(CO)CNC(C)CC(=O)N(C)C. The van der Waals surface area contributed by atoms with E-state index >= 15 is 0 Å². The zero-order chi connectivity index (χ0) is 12.8. The fourth-order valence-electron chi connectivity index (χ4n) is 1.23. The van der Waals surface area contributed by atoms with Crippen molar-refractivity contribution in [1.82, 2.24) is 10.2 Å². The summed E-state index contributed by atoms with van der Waals surface area (Å²) in [5, 5.41) is 12.6. The van der Waals surface area contributed by atoms with Gasteiger partial charge in [0.15, 0.2) is 0 Å². The van der Waals surface area contributed by atoms with Crippen LogP contribution in [0.5, 0.6) is 0 Å². The van der Waals surface area contributed by atoms with Crippen LogP contribution in [0.1, 0.15) is 33.6 Å². The fourth-order valence-corrected chi connectivity index (χ4v) is 1.23. The summed E-state index contributed by atoms with van der Waals surface area (Å²) in [6, 6.07) is 0.146. The number of hydrogen-bond donors (Lipinski definition) is 2. The zero-order valence-electron chi connectivity index (χ0n) is 11.2. The molecule has 0 radical (unpaired) electrons. The molecule has 0 aromatic heterocycles. The highest BCUT2D eigenvalue weighted by atomic mass is 16.3. The van der Waals surface area contributed by atoms with Crippen LogP contribution in [0.4, 0.5) is 0 Å². The van der Waals surface area contributed by atoms with Crippen molar-refractivity contribution in [3.05, 3.63) is 0 Å². The molecule has 0 bridgehead atoms. The summed E-state index contributed by atoms with van der Waals surface area (Å²) in [5.41, 5.74) is -0.0879. The predicted molar refractivity (Wildman–Crippen MR) is 66.3 cm³/mol. The van der Waals surface area contributed by atoms with Crippen molar-refractivity contribution in [2.24, 2.45) is 5.41 Å². The molecule has 1 amide bonds. The van der Waals surface area contributed by atoms with E-state index in [0.717, 1.165) is 13.0 Å². The number of carbonyl (C=O) groups is 1. The van der Waals surface area contributed by atoms with Gasteiger partial charge >= 0.3 is 0 Å². The van der Waals surface area contributed by atoms with Gasteiger partial charge in [-0.1, -0.05) is 13.8 Å². The first-order valence-corrected chi connectivity index (χ1v) is 5.89. The Hall–Kier alpha value is -0.610. The molecule has 0 heterocycles. The summed E-state index contributed by atoms with van der Waals surface area (Å²) in [7, 11) is 3.53. The smallest absolute Gasteiger partial charge is 0.223 e. The molecule has 0 aromatic rings. The van der Waals surface area contributed by atoms with Crippen LogP contribution in [0.25, 0.3) is 0 Å². The van der Waals surface area contributed by atoms with E-state index in [0.29, 0.717) is 6.42 Å². The Balaban J connectivity index is 3.98. The molecule has 2 atom stereocenters. The maximum atomic E-state index is 11.5. The molecule has 0 saturated heterocycles. The second kappa shape index (κ2) is 6.86. The molecule has 4 heteroatoms. The topological polar surface area (TPSA) is 52.6 Å². The molecule has 2 unspecified atom stereocenters. The van der Waals surface area contributed by atoms with Crippen LogP contribution >= 0.6 is 0 Å². The molecule has 4 nitrogen and oxygen atoms in total. The van der Waals surface area contributed by atoms with Gasteiger partial charge in [0.25, 0.3) is 0 Å². The third kappa shape index (κ3) is 5.47. The molecule has 2 N–H and O–H groups in total. The van der Waals surface area contributed by atoms with Crippen LogP contribution in [0, 0.1) is 5.41 Å². The standard InChI is InChI=1S/C12H26N2O2/c1-6-12(3,9-15)8-13-10(2)7-11(16)14(4)5/h10,13,15H,6-9H2,1-5H3. The molecule has 0 rings (SSSR count). The number of nitrogens with zero attached hydrogens (tertiary/aromatic N) is 1. The molecule has 0 spiro atoms. The Morgan fingerprint density at radius 2 is 2.06 bits per heavy atom. The number of aliphatic hydroxyl groups is 1. The lowest BCUT2D eigenvalue weighted by molar-refractivity contribution is -0.129. The van der Waals surface area contributed by atoms with Gasteiger partial charge in [0.1, 0.15) is 0 Å². The van der Waals surface area contributed by atoms with Crippen LogP contribution in [-0.2, 0) is 4.79 Å². The first-order chi connectivity index (χ1) is 7.34. The summed E-state index contributed by atoms with van der Waals surface area (Å²) in [6.07, 6.45) is 1.42. The fraction of sp³-hybridized carbons (Fsp3) is 0.917. The monoisotopic (exact) mass is 230 g/mol. The lowest BCUT2D eigenvalue weighted by atomic mass is 9.88. The minimum atomic E-state index is -0.0879. The van der Waals surface area contributed by atoms with E-state index in [9.17, 15) is 9.90 Å². The Morgan fingerprint density at radius 1 is 1.50 bits per heavy atom. The highest BCUT2D eigenvalue weighted by molar-refractivity contribution is 5.76. The number of rotatable bonds is 7. The van der Waals surface area contributed by atoms with Crippen LogP contribution in [0.3, 0.4) is 0 Å². The van der Waals surface area contributed by atoms with Gasteiger partial charge in [-0.05, 0) is 13.3 Å². The van der Waals surface area contributed by atoms with E-state index in [2.05, 4.69) is 12.2 Å². The third-order valence-corrected chi connectivity index (χ3v) is 3.09. The van der Waals surface area contributed by atoms with Gasteiger partial charge in [0.2, 0.25) is 5.91 Å². The summed E-state index contributed by atoms with van der Waals surface area (Å²) in [4.78, 5) is 13.1. The molecule has 0 aromatic carbocycles. The van der Waals surface area contributed by atoms with Crippen molar-refractivity contribution in [2.75, 3.05) is 27.2 Å². The lowest BCUT2D eigenvalue weighted by Crippen LogP contribution is -2.40. The van der Waals surface area contributed by atoms with Gasteiger partial charge in [-0.3, -0.25) is 4.79 Å². The van der Waals surface area contributed by atoms with Gasteiger partial charge < -0.3 is 15.3 Å². The quantitative estimate of drug-likeness (QED) is 0.682. The van der Waals surface area contributed by atoms with Gasteiger partial charge in [-0.25, -0.2) is 0 Å². The number of nitrogens with one attached hydrogen (secondary N) is 1. The molecule has 16 heavy (non-hydrogen) atoms. The second-order valence-electron chi connectivity index (χ2n) is 5.10. The highest BCUT2D eigenvalue weighted by Crippen LogP contribution is 2.18. The minimum absolute atomic E-state index is 0.0879. The maximum Gasteiger partial charge on any atom is 0.223 e. The van der Waals surface area contributed by atoms with E-state index in [4.69, 9.17) is 0 Å². The van der Waals surface area contributed by atoms with E-state index in [1.807, 2.05) is 13.8 Å². The Bertz CT molecular complexity index is 213. The van der Waals surface area contributed by atoms with Gasteiger partial charge in [-0.2, -0.15) is 0 Å². The normalized spacial score (nSPS) is 16.6. The molecule has 96 valence electrons. The van der Waals surface area contributed by atoms with Crippen LogP contribution in [0.15, 0.2) is 0 Å². The van der Waals surface area contributed by atoms with E-state index in [1.165, 1.54) is 0 Å². The zero-order valence-corrected chi connectivity index (χ0v) is 11.2. The van der Waals surface area contributed by atoms with Crippen molar-refractivity contribution >= 4 is 5.91 Å². The number of amides is 1. The first-order valence-electron chi connectivity index (χ1n) is 5.89. The Morgan fingerprint density at radius 3 is 2.44 bits per heavy atom. The van der Waals surface area contributed by atoms with Crippen LogP contribution in [0.2, 0.25) is 0 Å². The average molecular weight is 230 g/mol. The molecule has 0 aliphatic heterocycles. The average Bonchev–Trinajstić information content (AvgIpc) is 2.25. The lowest BCUT2D eigenvalue weighted by Gasteiger charge is -2.28. The number of aliphatic hydroxyl groups excluding tert-OH is 1. The molecular weight excluding hydrogens is 204 g/mol. The van der Waals surface area contributed by atoms with Crippen molar-refractivity contribution < 1.29 is 9.90 Å². The van der Waals surface area contributed by atoms with Gasteiger partial charge in [-0.15, -0.1) is 0 Å².